The number of fused-ring (bicyclic) bond motifs is 1. The average molecular weight is 326 g/mol. The molecule has 0 saturated heterocycles. The summed E-state index contributed by atoms with van der Waals surface area (Å²) < 4.78 is 32.1. The zero-order chi connectivity index (χ0) is 15.9. The molecule has 0 amide bonds. The number of hydrogen-bond donors (Lipinski definition) is 3. The third-order valence-electron chi connectivity index (χ3n) is 3.15. The van der Waals surface area contributed by atoms with Crippen molar-refractivity contribution < 1.29 is 18.6 Å². The number of rotatable bonds is 3. The van der Waals surface area contributed by atoms with Gasteiger partial charge in [-0.15, -0.1) is 0 Å². The number of benzene rings is 2. The molecule has 0 aliphatic carbocycles. The average Bonchev–Trinajstić information content (AvgIpc) is 2.89. The zero-order valence-corrected chi connectivity index (χ0v) is 12.0. The number of methoxy groups -OCH3 is 1. The molecule has 3 rings (SSSR count). The van der Waals surface area contributed by atoms with Gasteiger partial charge in [-0.05, 0) is 18.2 Å². The smallest absolute Gasteiger partial charge is 0.168 e. The molecular weight excluding hydrogens is 316 g/mol. The number of nitrogens with one attached hydrogen (secondary N) is 2. The van der Waals surface area contributed by atoms with Gasteiger partial charge in [0.05, 0.1) is 18.3 Å². The van der Waals surface area contributed by atoms with E-state index in [9.17, 15) is 13.9 Å². The summed E-state index contributed by atoms with van der Waals surface area (Å²) in [5.74, 6) is -1.32. The van der Waals surface area contributed by atoms with E-state index in [0.29, 0.717) is 10.9 Å². The molecule has 114 valence electrons. The summed E-state index contributed by atoms with van der Waals surface area (Å²) in [6, 6.07) is 5.23. The normalized spacial score (nSPS) is 10.9. The third kappa shape index (κ3) is 2.29. The van der Waals surface area contributed by atoms with Crippen LogP contribution in [0.15, 0.2) is 24.3 Å². The van der Waals surface area contributed by atoms with Crippen molar-refractivity contribution in [1.29, 1.82) is 0 Å². The number of hydrogen-bond acceptors (Lipinski definition) is 4. The van der Waals surface area contributed by atoms with Gasteiger partial charge in [0.1, 0.15) is 10.8 Å². The zero-order valence-electron chi connectivity index (χ0n) is 11.2. The maximum absolute atomic E-state index is 13.9. The summed E-state index contributed by atoms with van der Waals surface area (Å²) >= 11 is 5.53. The highest BCUT2D eigenvalue weighted by Crippen LogP contribution is 2.35. The molecule has 3 N–H and O–H groups in total. The Morgan fingerprint density at radius 2 is 2.09 bits per heavy atom. The first kappa shape index (κ1) is 14.4. The van der Waals surface area contributed by atoms with E-state index in [0.717, 1.165) is 6.07 Å². The lowest BCUT2D eigenvalue weighted by atomic mass is 10.2. The summed E-state index contributed by atoms with van der Waals surface area (Å²) in [5, 5.41) is 19.1. The Bertz CT molecular complexity index is 867. The molecule has 22 heavy (non-hydrogen) atoms. The van der Waals surface area contributed by atoms with Gasteiger partial charge in [0.15, 0.2) is 23.1 Å². The molecule has 1 aromatic heterocycles. The minimum Gasteiger partial charge on any atom is -0.504 e. The quantitative estimate of drug-likeness (QED) is 0.638. The third-order valence-corrected chi connectivity index (χ3v) is 3.50. The van der Waals surface area contributed by atoms with Gasteiger partial charge in [0, 0.05) is 11.5 Å². The number of aromatic nitrogens is 2. The topological polar surface area (TPSA) is 70.2 Å². The Balaban J connectivity index is 2.05. The van der Waals surface area contributed by atoms with Gasteiger partial charge in [0.2, 0.25) is 0 Å². The Labute approximate surface area is 128 Å². The molecule has 0 spiro atoms. The molecule has 1 heterocycles. The molecule has 0 atom stereocenters. The van der Waals surface area contributed by atoms with Crippen molar-refractivity contribution in [3.63, 3.8) is 0 Å². The van der Waals surface area contributed by atoms with E-state index in [4.69, 9.17) is 16.3 Å². The SMILES string of the molecule is COc1cc2[nH]nc(Nc3ccc(F)c(Cl)c3F)c2cc1O. The molecule has 8 heteroatoms. The first-order valence-electron chi connectivity index (χ1n) is 6.17. The van der Waals surface area contributed by atoms with E-state index in [-0.39, 0.29) is 23.0 Å². The molecule has 0 bridgehead atoms. The van der Waals surface area contributed by atoms with E-state index in [1.54, 1.807) is 6.07 Å². The van der Waals surface area contributed by atoms with Crippen LogP contribution < -0.4 is 10.1 Å². The molecule has 0 saturated carbocycles. The number of phenolic OH excluding ortho intramolecular Hbond substituents is 1. The van der Waals surface area contributed by atoms with Crippen molar-refractivity contribution in [3.05, 3.63) is 40.9 Å². The minimum absolute atomic E-state index is 0.0323. The lowest BCUT2D eigenvalue weighted by Crippen LogP contribution is -1.96. The lowest BCUT2D eigenvalue weighted by Gasteiger charge is -2.07. The van der Waals surface area contributed by atoms with Crippen LogP contribution in [-0.2, 0) is 0 Å². The predicted molar refractivity (Wildman–Crippen MR) is 79.0 cm³/mol. The van der Waals surface area contributed by atoms with Crippen LogP contribution in [0, 0.1) is 11.6 Å². The van der Waals surface area contributed by atoms with E-state index >= 15 is 0 Å². The number of anilines is 2. The number of aromatic amines is 1. The maximum atomic E-state index is 13.9. The van der Waals surface area contributed by atoms with E-state index in [1.165, 1.54) is 19.2 Å². The highest BCUT2D eigenvalue weighted by Gasteiger charge is 2.15. The largest absolute Gasteiger partial charge is 0.504 e. The number of nitrogens with zero attached hydrogens (tertiary/aromatic N) is 1. The molecule has 0 aliphatic rings. The highest BCUT2D eigenvalue weighted by atomic mass is 35.5. The van der Waals surface area contributed by atoms with Crippen LogP contribution >= 0.6 is 11.6 Å². The Hall–Kier alpha value is -2.54. The van der Waals surface area contributed by atoms with Crippen LogP contribution in [0.5, 0.6) is 11.5 Å². The van der Waals surface area contributed by atoms with Gasteiger partial charge in [-0.3, -0.25) is 5.10 Å². The fraction of sp³-hybridized carbons (Fsp3) is 0.0714. The van der Waals surface area contributed by atoms with Gasteiger partial charge in [-0.1, -0.05) is 11.6 Å². The van der Waals surface area contributed by atoms with E-state index < -0.39 is 16.7 Å². The van der Waals surface area contributed by atoms with Crippen molar-refractivity contribution in [2.75, 3.05) is 12.4 Å². The fourth-order valence-corrected chi connectivity index (χ4v) is 2.21. The first-order chi connectivity index (χ1) is 10.5. The standard InChI is InChI=1S/C14H10ClF2N3O2/c1-22-11-5-9-6(4-10(11)21)14(20-19-9)18-8-3-2-7(16)12(15)13(8)17/h2-5,21H,1H3,(H2,18,19,20). The van der Waals surface area contributed by atoms with Crippen molar-refractivity contribution in [3.8, 4) is 11.5 Å². The number of phenols is 1. The van der Waals surface area contributed by atoms with Gasteiger partial charge >= 0.3 is 0 Å². The second kappa shape index (κ2) is 5.34. The summed E-state index contributed by atoms with van der Waals surface area (Å²) in [7, 11) is 1.42. The summed E-state index contributed by atoms with van der Waals surface area (Å²) in [6.07, 6.45) is 0. The number of H-pyrrole nitrogens is 1. The number of ether oxygens (including phenoxy) is 1. The molecule has 0 radical (unpaired) electrons. The highest BCUT2D eigenvalue weighted by molar-refractivity contribution is 6.31. The summed E-state index contributed by atoms with van der Waals surface area (Å²) in [4.78, 5) is 0. The molecule has 5 nitrogen and oxygen atoms in total. The predicted octanol–water partition coefficient (Wildman–Crippen LogP) is 3.95. The van der Waals surface area contributed by atoms with Crippen LogP contribution in [-0.4, -0.2) is 22.4 Å². The molecule has 0 aliphatic heterocycles. The molecule has 2 aromatic carbocycles. The Morgan fingerprint density at radius 3 is 2.82 bits per heavy atom. The summed E-state index contributed by atoms with van der Waals surface area (Å²) in [6.45, 7) is 0. The van der Waals surface area contributed by atoms with E-state index in [2.05, 4.69) is 15.5 Å². The van der Waals surface area contributed by atoms with Crippen LogP contribution in [0.2, 0.25) is 5.02 Å². The van der Waals surface area contributed by atoms with Crippen molar-refractivity contribution in [1.82, 2.24) is 10.2 Å². The first-order valence-corrected chi connectivity index (χ1v) is 6.54. The molecule has 0 unspecified atom stereocenters. The van der Waals surface area contributed by atoms with Crippen molar-refractivity contribution >= 4 is 34.0 Å². The molecular formula is C14H10ClF2N3O2. The van der Waals surface area contributed by atoms with Gasteiger partial charge in [-0.25, -0.2) is 8.78 Å². The Kier molecular flexibility index (Phi) is 3.50. The van der Waals surface area contributed by atoms with Gasteiger partial charge in [0.25, 0.3) is 0 Å². The van der Waals surface area contributed by atoms with E-state index in [1.807, 2.05) is 0 Å². The monoisotopic (exact) mass is 325 g/mol. The number of aromatic hydroxyl groups is 1. The van der Waals surface area contributed by atoms with Crippen LogP contribution in [0.25, 0.3) is 10.9 Å². The van der Waals surface area contributed by atoms with Gasteiger partial charge in [-0.2, -0.15) is 5.10 Å². The second-order valence-electron chi connectivity index (χ2n) is 4.49. The number of halogens is 3. The van der Waals surface area contributed by atoms with Gasteiger partial charge < -0.3 is 15.2 Å². The van der Waals surface area contributed by atoms with Crippen LogP contribution in [0.3, 0.4) is 0 Å². The molecule has 0 fully saturated rings. The maximum Gasteiger partial charge on any atom is 0.168 e. The second-order valence-corrected chi connectivity index (χ2v) is 4.87. The van der Waals surface area contributed by atoms with Crippen LogP contribution in [0.1, 0.15) is 0 Å². The Morgan fingerprint density at radius 1 is 1.32 bits per heavy atom. The fourth-order valence-electron chi connectivity index (χ4n) is 2.04. The summed E-state index contributed by atoms with van der Waals surface area (Å²) in [5.41, 5.74) is 0.542. The minimum atomic E-state index is -0.921. The lowest BCUT2D eigenvalue weighted by molar-refractivity contribution is 0.374. The molecule has 3 aromatic rings. The van der Waals surface area contributed by atoms with Crippen molar-refractivity contribution in [2.24, 2.45) is 0 Å². The van der Waals surface area contributed by atoms with Crippen LogP contribution in [0.4, 0.5) is 20.3 Å². The van der Waals surface area contributed by atoms with Crippen molar-refractivity contribution in [2.45, 2.75) is 0 Å².